The number of carbonyl (C=O) groups is 1. The number of fused-ring (bicyclic) bond motifs is 1. The maximum atomic E-state index is 13.8. The second-order valence-electron chi connectivity index (χ2n) is 6.73. The van der Waals surface area contributed by atoms with Gasteiger partial charge in [-0.2, -0.15) is 0 Å². The Morgan fingerprint density at radius 2 is 2.19 bits per heavy atom. The van der Waals surface area contributed by atoms with Gasteiger partial charge in [0.05, 0.1) is 5.56 Å². The van der Waals surface area contributed by atoms with Gasteiger partial charge >= 0.3 is 0 Å². The molecule has 1 amide bonds. The molecular weight excluding hydrogens is 347 g/mol. The lowest BCUT2D eigenvalue weighted by atomic mass is 10.1. The topological polar surface area (TPSA) is 63.5 Å². The van der Waals surface area contributed by atoms with Gasteiger partial charge in [-0.05, 0) is 44.2 Å². The number of ether oxygens (including phenoxy) is 1. The second kappa shape index (κ2) is 7.40. The molecule has 6 heteroatoms. The van der Waals surface area contributed by atoms with Crippen LogP contribution in [-0.2, 0) is 6.61 Å². The van der Waals surface area contributed by atoms with E-state index >= 15 is 0 Å². The van der Waals surface area contributed by atoms with Crippen molar-refractivity contribution in [3.05, 3.63) is 65.2 Å². The van der Waals surface area contributed by atoms with Crippen LogP contribution in [0.4, 0.5) is 4.39 Å². The molecule has 27 heavy (non-hydrogen) atoms. The Bertz CT molecular complexity index is 977. The summed E-state index contributed by atoms with van der Waals surface area (Å²) >= 11 is 0. The highest BCUT2D eigenvalue weighted by Crippen LogP contribution is 2.29. The monoisotopic (exact) mass is 368 g/mol. The van der Waals surface area contributed by atoms with E-state index in [1.807, 2.05) is 0 Å². The average Bonchev–Trinajstić information content (AvgIpc) is 3.27. The Hall–Kier alpha value is -2.86. The summed E-state index contributed by atoms with van der Waals surface area (Å²) in [7, 11) is 0. The zero-order valence-electron chi connectivity index (χ0n) is 15.0. The van der Waals surface area contributed by atoms with E-state index in [4.69, 9.17) is 9.15 Å². The summed E-state index contributed by atoms with van der Waals surface area (Å²) in [5, 5.41) is 6.98. The molecule has 0 radical (unpaired) electrons. The fourth-order valence-corrected chi connectivity index (χ4v) is 3.38. The number of hydrogen-bond donors (Lipinski definition) is 2. The number of amides is 1. The molecule has 0 aliphatic carbocycles. The van der Waals surface area contributed by atoms with Crippen LogP contribution in [0.5, 0.6) is 5.75 Å². The molecule has 2 aromatic carbocycles. The van der Waals surface area contributed by atoms with Crippen molar-refractivity contribution in [2.75, 3.05) is 13.1 Å². The molecule has 140 valence electrons. The fourth-order valence-electron chi connectivity index (χ4n) is 3.38. The van der Waals surface area contributed by atoms with Crippen molar-refractivity contribution in [2.24, 2.45) is 0 Å². The van der Waals surface area contributed by atoms with Crippen molar-refractivity contribution in [2.45, 2.75) is 26.0 Å². The van der Waals surface area contributed by atoms with Crippen molar-refractivity contribution < 1.29 is 18.3 Å². The maximum absolute atomic E-state index is 13.8. The standard InChI is InChI=1S/C21H21FN2O3/c1-13-20(21(25)24-15-8-9-23-11-15)17-10-16(6-7-19(17)27-13)26-12-14-4-2-3-5-18(14)22/h2-7,10,15,23H,8-9,11-12H2,1H3,(H,24,25)/t15-/m0/s1. The molecule has 2 N–H and O–H groups in total. The van der Waals surface area contributed by atoms with E-state index in [0.717, 1.165) is 19.5 Å². The minimum Gasteiger partial charge on any atom is -0.489 e. The Kier molecular flexibility index (Phi) is 4.81. The summed E-state index contributed by atoms with van der Waals surface area (Å²) in [6, 6.07) is 11.9. The number of nitrogens with one attached hydrogen (secondary N) is 2. The first kappa shape index (κ1) is 17.5. The number of carbonyl (C=O) groups excluding carboxylic acids is 1. The van der Waals surface area contributed by atoms with Gasteiger partial charge in [-0.1, -0.05) is 18.2 Å². The third kappa shape index (κ3) is 3.66. The van der Waals surface area contributed by atoms with Gasteiger partial charge in [0, 0.05) is 23.5 Å². The lowest BCUT2D eigenvalue weighted by Crippen LogP contribution is -2.36. The molecule has 1 aromatic heterocycles. The first-order chi connectivity index (χ1) is 13.1. The molecule has 1 aliphatic rings. The Morgan fingerprint density at radius 1 is 1.33 bits per heavy atom. The summed E-state index contributed by atoms with van der Waals surface area (Å²) in [5.41, 5.74) is 1.63. The zero-order chi connectivity index (χ0) is 18.8. The van der Waals surface area contributed by atoms with Gasteiger partial charge in [-0.3, -0.25) is 4.79 Å². The van der Waals surface area contributed by atoms with Crippen LogP contribution in [0.3, 0.4) is 0 Å². The smallest absolute Gasteiger partial charge is 0.255 e. The van der Waals surface area contributed by atoms with Crippen LogP contribution in [0, 0.1) is 12.7 Å². The highest BCUT2D eigenvalue weighted by molar-refractivity contribution is 6.07. The third-order valence-electron chi connectivity index (χ3n) is 4.81. The van der Waals surface area contributed by atoms with Crippen LogP contribution in [-0.4, -0.2) is 25.0 Å². The summed E-state index contributed by atoms with van der Waals surface area (Å²) in [4.78, 5) is 12.7. The minimum atomic E-state index is -0.303. The molecule has 1 atom stereocenters. The van der Waals surface area contributed by atoms with Crippen LogP contribution in [0.2, 0.25) is 0 Å². The molecule has 0 spiro atoms. The summed E-state index contributed by atoms with van der Waals surface area (Å²) in [6.07, 6.45) is 0.914. The van der Waals surface area contributed by atoms with Crippen LogP contribution in [0.25, 0.3) is 11.0 Å². The molecule has 0 unspecified atom stereocenters. The Labute approximate surface area is 156 Å². The molecular formula is C21H21FN2O3. The number of halogens is 1. The first-order valence-corrected chi connectivity index (χ1v) is 9.03. The molecule has 1 aliphatic heterocycles. The number of furan rings is 1. The summed E-state index contributed by atoms with van der Waals surface area (Å²) in [5.74, 6) is 0.678. The molecule has 0 saturated carbocycles. The van der Waals surface area contributed by atoms with E-state index in [9.17, 15) is 9.18 Å². The van der Waals surface area contributed by atoms with Gasteiger partial charge in [-0.25, -0.2) is 4.39 Å². The molecule has 5 nitrogen and oxygen atoms in total. The molecule has 1 fully saturated rings. The lowest BCUT2D eigenvalue weighted by Gasteiger charge is -2.11. The SMILES string of the molecule is Cc1oc2ccc(OCc3ccccc3F)cc2c1C(=O)N[C@H]1CCNC1. The van der Waals surface area contributed by atoms with E-state index < -0.39 is 0 Å². The van der Waals surface area contributed by atoms with Crippen molar-refractivity contribution in [3.63, 3.8) is 0 Å². The van der Waals surface area contributed by atoms with Crippen LogP contribution in [0.15, 0.2) is 46.9 Å². The number of hydrogen-bond acceptors (Lipinski definition) is 4. The maximum Gasteiger partial charge on any atom is 0.255 e. The minimum absolute atomic E-state index is 0.115. The lowest BCUT2D eigenvalue weighted by molar-refractivity contribution is 0.0940. The van der Waals surface area contributed by atoms with E-state index in [0.29, 0.717) is 33.6 Å². The average molecular weight is 368 g/mol. The molecule has 0 bridgehead atoms. The predicted molar refractivity (Wildman–Crippen MR) is 100 cm³/mol. The molecule has 1 saturated heterocycles. The van der Waals surface area contributed by atoms with E-state index in [2.05, 4.69) is 10.6 Å². The van der Waals surface area contributed by atoms with E-state index in [-0.39, 0.29) is 24.4 Å². The van der Waals surface area contributed by atoms with Crippen molar-refractivity contribution in [3.8, 4) is 5.75 Å². The zero-order valence-corrected chi connectivity index (χ0v) is 15.0. The van der Waals surface area contributed by atoms with Gasteiger partial charge in [0.15, 0.2) is 0 Å². The number of rotatable bonds is 5. The summed E-state index contributed by atoms with van der Waals surface area (Å²) in [6.45, 7) is 3.58. The molecule has 4 rings (SSSR count). The molecule has 2 heterocycles. The largest absolute Gasteiger partial charge is 0.489 e. The third-order valence-corrected chi connectivity index (χ3v) is 4.81. The highest BCUT2D eigenvalue weighted by atomic mass is 19.1. The fraction of sp³-hybridized carbons (Fsp3) is 0.286. The Morgan fingerprint density at radius 3 is 2.96 bits per heavy atom. The van der Waals surface area contributed by atoms with Crippen molar-refractivity contribution >= 4 is 16.9 Å². The molecule has 3 aromatic rings. The Balaban J connectivity index is 1.57. The van der Waals surface area contributed by atoms with Crippen LogP contribution < -0.4 is 15.4 Å². The number of benzene rings is 2. The van der Waals surface area contributed by atoms with Crippen LogP contribution in [0.1, 0.15) is 28.1 Å². The van der Waals surface area contributed by atoms with Gasteiger partial charge in [-0.15, -0.1) is 0 Å². The van der Waals surface area contributed by atoms with Gasteiger partial charge in [0.2, 0.25) is 0 Å². The second-order valence-corrected chi connectivity index (χ2v) is 6.73. The van der Waals surface area contributed by atoms with Gasteiger partial charge in [0.25, 0.3) is 5.91 Å². The van der Waals surface area contributed by atoms with Crippen molar-refractivity contribution in [1.82, 2.24) is 10.6 Å². The quantitative estimate of drug-likeness (QED) is 0.723. The predicted octanol–water partition coefficient (Wildman–Crippen LogP) is 3.55. The van der Waals surface area contributed by atoms with Gasteiger partial charge in [0.1, 0.15) is 29.5 Å². The van der Waals surface area contributed by atoms with Crippen LogP contribution >= 0.6 is 0 Å². The summed E-state index contributed by atoms with van der Waals surface area (Å²) < 4.78 is 25.2. The van der Waals surface area contributed by atoms with Gasteiger partial charge < -0.3 is 19.8 Å². The highest BCUT2D eigenvalue weighted by Gasteiger charge is 2.23. The van der Waals surface area contributed by atoms with Crippen molar-refractivity contribution in [1.29, 1.82) is 0 Å². The number of aryl methyl sites for hydroxylation is 1. The van der Waals surface area contributed by atoms with E-state index in [1.165, 1.54) is 6.07 Å². The first-order valence-electron chi connectivity index (χ1n) is 9.03. The normalized spacial score (nSPS) is 16.6. The van der Waals surface area contributed by atoms with E-state index in [1.54, 1.807) is 43.3 Å².